The Balaban J connectivity index is 2.50. The maximum atomic E-state index is 11.9. The fraction of sp³-hybridized carbons (Fsp3) is 0.818. The fourth-order valence-electron chi connectivity index (χ4n) is 1.91. The molecule has 5 heteroatoms. The Kier molecular flexibility index (Phi) is 4.73. The van der Waals surface area contributed by atoms with Gasteiger partial charge in [-0.2, -0.15) is 0 Å². The SMILES string of the molecule is CC(C)C(NC(=O)[C@H]1CCCNC1)C(N)=O. The van der Waals surface area contributed by atoms with Crippen molar-refractivity contribution in [3.05, 3.63) is 0 Å². The van der Waals surface area contributed by atoms with Gasteiger partial charge in [-0.25, -0.2) is 0 Å². The second kappa shape index (κ2) is 5.84. The van der Waals surface area contributed by atoms with Crippen molar-refractivity contribution >= 4 is 11.8 Å². The molecule has 0 bridgehead atoms. The number of hydrogen-bond acceptors (Lipinski definition) is 3. The van der Waals surface area contributed by atoms with E-state index in [9.17, 15) is 9.59 Å². The van der Waals surface area contributed by atoms with Crippen molar-refractivity contribution in [3.8, 4) is 0 Å². The largest absolute Gasteiger partial charge is 0.368 e. The maximum Gasteiger partial charge on any atom is 0.240 e. The third-order valence-electron chi connectivity index (χ3n) is 2.94. The molecule has 0 aromatic heterocycles. The van der Waals surface area contributed by atoms with E-state index in [2.05, 4.69) is 10.6 Å². The van der Waals surface area contributed by atoms with Crippen molar-refractivity contribution in [2.24, 2.45) is 17.6 Å². The molecule has 4 N–H and O–H groups in total. The molecule has 1 heterocycles. The Labute approximate surface area is 96.1 Å². The van der Waals surface area contributed by atoms with Gasteiger partial charge in [0.1, 0.15) is 6.04 Å². The number of hydrogen-bond donors (Lipinski definition) is 3. The predicted molar refractivity (Wildman–Crippen MR) is 61.6 cm³/mol. The molecule has 92 valence electrons. The highest BCUT2D eigenvalue weighted by Gasteiger charge is 2.26. The maximum absolute atomic E-state index is 11.9. The van der Waals surface area contributed by atoms with E-state index in [0.717, 1.165) is 19.4 Å². The predicted octanol–water partition coefficient (Wildman–Crippen LogP) is -0.388. The quantitative estimate of drug-likeness (QED) is 0.611. The Bertz CT molecular complexity index is 260. The first-order chi connectivity index (χ1) is 7.52. The number of carbonyl (C=O) groups is 2. The first-order valence-corrected chi connectivity index (χ1v) is 5.82. The molecule has 0 radical (unpaired) electrons. The molecule has 2 atom stereocenters. The molecule has 1 rings (SSSR count). The highest BCUT2D eigenvalue weighted by molar-refractivity contribution is 5.87. The molecule has 16 heavy (non-hydrogen) atoms. The van der Waals surface area contributed by atoms with Crippen LogP contribution in [0.2, 0.25) is 0 Å². The zero-order chi connectivity index (χ0) is 12.1. The van der Waals surface area contributed by atoms with Crippen molar-refractivity contribution in [3.63, 3.8) is 0 Å². The minimum Gasteiger partial charge on any atom is -0.368 e. The molecule has 5 nitrogen and oxygen atoms in total. The fourth-order valence-corrected chi connectivity index (χ4v) is 1.91. The zero-order valence-corrected chi connectivity index (χ0v) is 9.95. The summed E-state index contributed by atoms with van der Waals surface area (Å²) in [7, 11) is 0. The third kappa shape index (κ3) is 3.48. The van der Waals surface area contributed by atoms with Crippen LogP contribution in [0.4, 0.5) is 0 Å². The van der Waals surface area contributed by atoms with Gasteiger partial charge in [-0.05, 0) is 25.3 Å². The summed E-state index contributed by atoms with van der Waals surface area (Å²) in [5, 5.41) is 5.90. The molecule has 1 fully saturated rings. The van der Waals surface area contributed by atoms with Crippen molar-refractivity contribution in [1.29, 1.82) is 0 Å². The first-order valence-electron chi connectivity index (χ1n) is 5.82. The molecule has 0 aromatic rings. The molecular weight excluding hydrogens is 206 g/mol. The second-order valence-electron chi connectivity index (χ2n) is 4.68. The number of nitrogens with two attached hydrogens (primary N) is 1. The molecule has 1 unspecified atom stereocenters. The van der Waals surface area contributed by atoms with E-state index in [4.69, 9.17) is 5.73 Å². The number of carbonyl (C=O) groups excluding carboxylic acids is 2. The topological polar surface area (TPSA) is 84.2 Å². The van der Waals surface area contributed by atoms with Gasteiger partial charge in [-0.3, -0.25) is 9.59 Å². The molecule has 0 saturated carbocycles. The third-order valence-corrected chi connectivity index (χ3v) is 2.94. The first kappa shape index (κ1) is 13.0. The van der Waals surface area contributed by atoms with E-state index in [1.54, 1.807) is 0 Å². The lowest BCUT2D eigenvalue weighted by molar-refractivity contribution is -0.131. The van der Waals surface area contributed by atoms with Gasteiger partial charge in [-0.15, -0.1) is 0 Å². The monoisotopic (exact) mass is 227 g/mol. The van der Waals surface area contributed by atoms with Crippen LogP contribution in [0.25, 0.3) is 0 Å². The van der Waals surface area contributed by atoms with Gasteiger partial charge in [-0.1, -0.05) is 13.8 Å². The Morgan fingerprint density at radius 2 is 2.12 bits per heavy atom. The average molecular weight is 227 g/mol. The summed E-state index contributed by atoms with van der Waals surface area (Å²) < 4.78 is 0. The molecule has 0 aliphatic carbocycles. The standard InChI is InChI=1S/C11H21N3O2/c1-7(2)9(10(12)15)14-11(16)8-4-3-5-13-6-8/h7-9,13H,3-6H2,1-2H3,(H2,12,15)(H,14,16)/t8-,9?/m0/s1. The average Bonchev–Trinajstić information content (AvgIpc) is 2.25. The van der Waals surface area contributed by atoms with Crippen LogP contribution in [0.5, 0.6) is 0 Å². The lowest BCUT2D eigenvalue weighted by Crippen LogP contribution is -2.51. The minimum atomic E-state index is -0.561. The van der Waals surface area contributed by atoms with Gasteiger partial charge in [0, 0.05) is 6.54 Å². The molecule has 1 aliphatic rings. The summed E-state index contributed by atoms with van der Waals surface area (Å²) in [6.07, 6.45) is 1.88. The van der Waals surface area contributed by atoms with Crippen LogP contribution >= 0.6 is 0 Å². The van der Waals surface area contributed by atoms with E-state index in [1.807, 2.05) is 13.8 Å². The van der Waals surface area contributed by atoms with E-state index < -0.39 is 11.9 Å². The summed E-state index contributed by atoms with van der Waals surface area (Å²) >= 11 is 0. The summed E-state index contributed by atoms with van der Waals surface area (Å²) in [5.74, 6) is -0.538. The van der Waals surface area contributed by atoms with Crippen molar-refractivity contribution < 1.29 is 9.59 Å². The van der Waals surface area contributed by atoms with E-state index >= 15 is 0 Å². The van der Waals surface area contributed by atoms with Crippen LogP contribution in [0, 0.1) is 11.8 Å². The summed E-state index contributed by atoms with van der Waals surface area (Å²) in [5.41, 5.74) is 5.25. The number of piperidine rings is 1. The Morgan fingerprint density at radius 3 is 2.56 bits per heavy atom. The summed E-state index contributed by atoms with van der Waals surface area (Å²) in [6, 6.07) is -0.561. The lowest BCUT2D eigenvalue weighted by atomic mass is 9.97. The van der Waals surface area contributed by atoms with Crippen LogP contribution in [0.3, 0.4) is 0 Å². The number of primary amides is 1. The molecular formula is C11H21N3O2. The molecule has 0 spiro atoms. The molecule has 0 aromatic carbocycles. The highest BCUT2D eigenvalue weighted by atomic mass is 16.2. The minimum absolute atomic E-state index is 0.0259. The number of nitrogens with one attached hydrogen (secondary N) is 2. The number of rotatable bonds is 4. The van der Waals surface area contributed by atoms with Crippen molar-refractivity contribution in [1.82, 2.24) is 10.6 Å². The molecule has 1 aliphatic heterocycles. The molecule has 2 amide bonds. The van der Waals surface area contributed by atoms with E-state index in [1.165, 1.54) is 0 Å². The van der Waals surface area contributed by atoms with Gasteiger partial charge in [0.05, 0.1) is 5.92 Å². The van der Waals surface area contributed by atoms with Crippen LogP contribution < -0.4 is 16.4 Å². The smallest absolute Gasteiger partial charge is 0.240 e. The Morgan fingerprint density at radius 1 is 1.44 bits per heavy atom. The summed E-state index contributed by atoms with van der Waals surface area (Å²) in [4.78, 5) is 23.0. The summed E-state index contributed by atoms with van der Waals surface area (Å²) in [6.45, 7) is 5.40. The normalized spacial score (nSPS) is 22.8. The van der Waals surface area contributed by atoms with Gasteiger partial charge in [0.2, 0.25) is 11.8 Å². The van der Waals surface area contributed by atoms with Crippen LogP contribution in [0.1, 0.15) is 26.7 Å². The van der Waals surface area contributed by atoms with Gasteiger partial charge >= 0.3 is 0 Å². The molecule has 1 saturated heterocycles. The van der Waals surface area contributed by atoms with Crippen molar-refractivity contribution in [2.45, 2.75) is 32.7 Å². The van der Waals surface area contributed by atoms with Crippen LogP contribution in [-0.4, -0.2) is 30.9 Å². The second-order valence-corrected chi connectivity index (χ2v) is 4.68. The van der Waals surface area contributed by atoms with Gasteiger partial charge in [0.15, 0.2) is 0 Å². The number of amides is 2. The van der Waals surface area contributed by atoms with Crippen molar-refractivity contribution in [2.75, 3.05) is 13.1 Å². The van der Waals surface area contributed by atoms with E-state index in [-0.39, 0.29) is 17.7 Å². The van der Waals surface area contributed by atoms with Crippen LogP contribution in [0.15, 0.2) is 0 Å². The lowest BCUT2D eigenvalue weighted by Gasteiger charge is -2.25. The van der Waals surface area contributed by atoms with E-state index in [0.29, 0.717) is 6.54 Å². The Hall–Kier alpha value is -1.10. The van der Waals surface area contributed by atoms with Gasteiger partial charge in [0.25, 0.3) is 0 Å². The van der Waals surface area contributed by atoms with Crippen LogP contribution in [-0.2, 0) is 9.59 Å². The zero-order valence-electron chi connectivity index (χ0n) is 9.95. The van der Waals surface area contributed by atoms with Gasteiger partial charge < -0.3 is 16.4 Å². The highest BCUT2D eigenvalue weighted by Crippen LogP contribution is 2.11.